The van der Waals surface area contributed by atoms with Crippen molar-refractivity contribution in [3.8, 4) is 79.2 Å². The van der Waals surface area contributed by atoms with Gasteiger partial charge in [0, 0.05) is 22.3 Å². The Balaban J connectivity index is 1.15. The van der Waals surface area contributed by atoms with Crippen LogP contribution in [0.2, 0.25) is 0 Å². The van der Waals surface area contributed by atoms with Crippen molar-refractivity contribution in [3.63, 3.8) is 0 Å². The molecule has 0 saturated heterocycles. The lowest BCUT2D eigenvalue weighted by atomic mass is 10.0. The Morgan fingerprint density at radius 2 is 0.530 bits per heavy atom. The number of benzene rings is 9. The van der Waals surface area contributed by atoms with Gasteiger partial charge in [-0.25, -0.2) is 9.13 Å². The van der Waals surface area contributed by atoms with E-state index in [1.807, 2.05) is 0 Å². The average molecular weight is 849 g/mol. The molecule has 0 saturated carbocycles. The summed E-state index contributed by atoms with van der Waals surface area (Å²) in [6, 6.07) is 96.0. The number of rotatable bonds is 12. The van der Waals surface area contributed by atoms with Crippen molar-refractivity contribution >= 4 is 0 Å². The van der Waals surface area contributed by atoms with E-state index in [-0.39, 0.29) is 0 Å². The first-order chi connectivity index (χ1) is 32.8. The molecule has 0 bridgehead atoms. The van der Waals surface area contributed by atoms with Gasteiger partial charge in [0.05, 0.1) is 11.1 Å². The van der Waals surface area contributed by atoms with Crippen molar-refractivity contribution in [2.45, 2.75) is 13.1 Å². The van der Waals surface area contributed by atoms with Crippen molar-refractivity contribution in [1.82, 2.24) is 9.13 Å². The molecular formula is C62H48N4+2. The number of imidazole rings is 2. The highest BCUT2D eigenvalue weighted by Crippen LogP contribution is 2.40. The summed E-state index contributed by atoms with van der Waals surface area (Å²) < 4.78 is 10.00. The number of nitrogens with zero attached hydrogens (tertiary/aromatic N) is 4. The molecule has 0 aliphatic carbocycles. The summed E-state index contributed by atoms with van der Waals surface area (Å²) in [5.74, 6) is 2.23. The number of hydrogen-bond acceptors (Lipinski definition) is 0. The minimum absolute atomic E-state index is 0.643. The first kappa shape index (κ1) is 40.2. The Kier molecular flexibility index (Phi) is 11.1. The molecule has 0 radical (unpaired) electrons. The van der Waals surface area contributed by atoms with Gasteiger partial charge in [0.15, 0.2) is 22.8 Å². The molecule has 11 rings (SSSR count). The van der Waals surface area contributed by atoms with Crippen LogP contribution < -0.4 is 9.13 Å². The molecule has 2 aromatic heterocycles. The maximum Gasteiger partial charge on any atom is 0.295 e. The van der Waals surface area contributed by atoms with Gasteiger partial charge < -0.3 is 0 Å². The lowest BCUT2D eigenvalue weighted by molar-refractivity contribution is -0.666. The average Bonchev–Trinajstić information content (AvgIpc) is 3.92. The minimum Gasteiger partial charge on any atom is -0.218 e. The zero-order valence-corrected chi connectivity index (χ0v) is 36.6. The van der Waals surface area contributed by atoms with Gasteiger partial charge in [-0.3, -0.25) is 0 Å². The van der Waals surface area contributed by atoms with Crippen LogP contribution in [0.3, 0.4) is 0 Å². The molecule has 0 atom stereocenters. The summed E-state index contributed by atoms with van der Waals surface area (Å²) in [6.45, 7) is 1.29. The predicted octanol–water partition coefficient (Wildman–Crippen LogP) is 13.9. The topological polar surface area (TPSA) is 17.6 Å². The van der Waals surface area contributed by atoms with Crippen LogP contribution in [0.1, 0.15) is 11.1 Å². The maximum atomic E-state index is 2.54. The monoisotopic (exact) mass is 848 g/mol. The zero-order chi connectivity index (χ0) is 44.1. The molecule has 0 fully saturated rings. The molecule has 66 heavy (non-hydrogen) atoms. The Bertz CT molecular complexity index is 2920. The van der Waals surface area contributed by atoms with E-state index in [1.54, 1.807) is 0 Å². The first-order valence-corrected chi connectivity index (χ1v) is 22.7. The molecular weight excluding hydrogens is 801 g/mol. The van der Waals surface area contributed by atoms with Gasteiger partial charge in [-0.2, -0.15) is 9.13 Å². The van der Waals surface area contributed by atoms with Crippen molar-refractivity contribution in [2.24, 2.45) is 0 Å². The third-order valence-electron chi connectivity index (χ3n) is 12.3. The summed E-state index contributed by atoms with van der Waals surface area (Å²) in [6.07, 6.45) is 0. The molecule has 314 valence electrons. The largest absolute Gasteiger partial charge is 0.295 e. The van der Waals surface area contributed by atoms with Crippen molar-refractivity contribution < 1.29 is 9.13 Å². The van der Waals surface area contributed by atoms with Crippen molar-refractivity contribution in [1.29, 1.82) is 0 Å². The van der Waals surface area contributed by atoms with Crippen LogP contribution in [-0.4, -0.2) is 9.13 Å². The van der Waals surface area contributed by atoms with Gasteiger partial charge in [-0.1, -0.05) is 212 Å². The van der Waals surface area contributed by atoms with Gasteiger partial charge in [0.2, 0.25) is 0 Å². The van der Waals surface area contributed by atoms with E-state index in [0.29, 0.717) is 13.1 Å². The fourth-order valence-corrected chi connectivity index (χ4v) is 9.53. The third kappa shape index (κ3) is 7.75. The Labute approximate surface area is 386 Å². The fraction of sp³-hybridized carbons (Fsp3) is 0.0323. The maximum absolute atomic E-state index is 2.54. The van der Waals surface area contributed by atoms with E-state index < -0.39 is 0 Å². The summed E-state index contributed by atoms with van der Waals surface area (Å²) in [5, 5.41) is 0. The highest BCUT2D eigenvalue weighted by atomic mass is 15.2. The highest BCUT2D eigenvalue weighted by Gasteiger charge is 2.37. The molecule has 9 aromatic carbocycles. The third-order valence-corrected chi connectivity index (χ3v) is 12.3. The first-order valence-electron chi connectivity index (χ1n) is 22.7. The van der Waals surface area contributed by atoms with E-state index in [1.165, 1.54) is 11.1 Å². The SMILES string of the molecule is c1ccc(-c2c(-c3ccccc3)[n+](Cc3cccc(C[n+]4c(-c5ccccc5)c(-c5ccccc5)n(-c5ccccc5)c4-c4ccccc4)c3)c(-c3ccccc3)n2-c2ccccc2)cc1. The number of hydrogen-bond donors (Lipinski definition) is 0. The van der Waals surface area contributed by atoms with Crippen LogP contribution in [0.5, 0.6) is 0 Å². The van der Waals surface area contributed by atoms with Gasteiger partial charge in [-0.15, -0.1) is 0 Å². The minimum atomic E-state index is 0.643. The molecule has 0 spiro atoms. The quantitative estimate of drug-likeness (QED) is 0.109. The van der Waals surface area contributed by atoms with Crippen molar-refractivity contribution in [3.05, 3.63) is 278 Å². The van der Waals surface area contributed by atoms with E-state index >= 15 is 0 Å². The number of para-hydroxylation sites is 2. The molecule has 2 heterocycles. The Hall–Kier alpha value is -8.60. The van der Waals surface area contributed by atoms with Crippen LogP contribution in [0.4, 0.5) is 0 Å². The van der Waals surface area contributed by atoms with Crippen LogP contribution >= 0.6 is 0 Å². The van der Waals surface area contributed by atoms with Crippen molar-refractivity contribution in [2.75, 3.05) is 0 Å². The van der Waals surface area contributed by atoms with E-state index in [4.69, 9.17) is 0 Å². The lowest BCUT2D eigenvalue weighted by Gasteiger charge is -2.10. The molecule has 0 aliphatic rings. The predicted molar refractivity (Wildman–Crippen MR) is 269 cm³/mol. The Morgan fingerprint density at radius 1 is 0.258 bits per heavy atom. The lowest BCUT2D eigenvalue weighted by Crippen LogP contribution is -2.39. The molecule has 11 aromatic rings. The number of aromatic nitrogens is 4. The smallest absolute Gasteiger partial charge is 0.218 e. The standard InChI is InChI=1S/C62H48N4/c1-9-28-49(29-10-1)57-59(51-32-13-3-14-33-51)65(55-40-21-7-22-41-55)61(53-36-17-5-18-37-53)63(57)45-47-26-25-27-48(44-47)46-64-58(50-30-11-2-12-31-50)60(52-34-15-4-16-35-52)66(56-42-23-8-24-43-56)62(64)54-38-19-6-20-39-54/h1-44H,45-46H2/q+2. The molecule has 0 aliphatic heterocycles. The second-order valence-electron chi connectivity index (χ2n) is 16.6. The molecule has 4 heteroatoms. The van der Waals surface area contributed by atoms with Gasteiger partial charge >= 0.3 is 0 Å². The van der Waals surface area contributed by atoms with E-state index in [2.05, 4.69) is 285 Å². The summed E-state index contributed by atoms with van der Waals surface area (Å²) in [7, 11) is 0. The van der Waals surface area contributed by atoms with Crippen LogP contribution in [-0.2, 0) is 13.1 Å². The fourth-order valence-electron chi connectivity index (χ4n) is 9.53. The molecule has 0 unspecified atom stereocenters. The zero-order valence-electron chi connectivity index (χ0n) is 36.6. The normalized spacial score (nSPS) is 11.2. The Morgan fingerprint density at radius 3 is 0.848 bits per heavy atom. The summed E-state index contributed by atoms with van der Waals surface area (Å²) in [4.78, 5) is 0. The molecule has 0 N–H and O–H groups in total. The van der Waals surface area contributed by atoms with E-state index in [0.717, 1.165) is 79.2 Å². The van der Waals surface area contributed by atoms with Gasteiger partial charge in [0.25, 0.3) is 11.6 Å². The van der Waals surface area contributed by atoms with E-state index in [9.17, 15) is 0 Å². The molecule has 0 amide bonds. The van der Waals surface area contributed by atoms with Gasteiger partial charge in [0.1, 0.15) is 24.5 Å². The van der Waals surface area contributed by atoms with Gasteiger partial charge in [-0.05, 0) is 65.7 Å². The van der Waals surface area contributed by atoms with Crippen LogP contribution in [0, 0.1) is 0 Å². The van der Waals surface area contributed by atoms with Crippen LogP contribution in [0.15, 0.2) is 267 Å². The molecule has 4 nitrogen and oxygen atoms in total. The second-order valence-corrected chi connectivity index (χ2v) is 16.6. The van der Waals surface area contributed by atoms with Crippen LogP contribution in [0.25, 0.3) is 79.2 Å². The summed E-state index contributed by atoms with van der Waals surface area (Å²) in [5.41, 5.74) is 16.2. The summed E-state index contributed by atoms with van der Waals surface area (Å²) >= 11 is 0. The highest BCUT2D eigenvalue weighted by molar-refractivity contribution is 5.82. The second kappa shape index (κ2) is 18.2.